The lowest BCUT2D eigenvalue weighted by Crippen LogP contribution is -2.15. The number of carbonyl (C=O) groups is 1. The van der Waals surface area contributed by atoms with Gasteiger partial charge in [-0.25, -0.2) is 19.3 Å². The Morgan fingerprint density at radius 2 is 1.90 bits per heavy atom. The summed E-state index contributed by atoms with van der Waals surface area (Å²) in [4.78, 5) is 24.7. The topological polar surface area (TPSA) is 72.2 Å². The molecule has 0 unspecified atom stereocenters. The van der Waals surface area contributed by atoms with Crippen LogP contribution >= 0.6 is 0 Å². The number of anilines is 1. The molecule has 0 atom stereocenters. The molecule has 1 N–H and O–H groups in total. The van der Waals surface area contributed by atoms with Crippen molar-refractivity contribution in [2.75, 3.05) is 5.32 Å². The summed E-state index contributed by atoms with van der Waals surface area (Å²) in [6.07, 6.45) is 0.799. The Morgan fingerprint density at radius 3 is 2.62 bits per heavy atom. The molecule has 0 fully saturated rings. The third-order valence-corrected chi connectivity index (χ3v) is 4.06. The molecule has 4 aromatic rings. The SMILES string of the molecule is O=C(Nc1ccccn1)c1nccn2cc(-c3ccc(F)cc3C(F)(F)F)nc12. The lowest BCUT2D eigenvalue weighted by Gasteiger charge is -2.11. The molecule has 6 nitrogen and oxygen atoms in total. The summed E-state index contributed by atoms with van der Waals surface area (Å²) >= 11 is 0. The monoisotopic (exact) mass is 401 g/mol. The van der Waals surface area contributed by atoms with Gasteiger partial charge in [-0.2, -0.15) is 13.2 Å². The molecule has 0 saturated carbocycles. The summed E-state index contributed by atoms with van der Waals surface area (Å²) in [5, 5.41) is 2.55. The summed E-state index contributed by atoms with van der Waals surface area (Å²) in [5.41, 5.74) is -1.59. The van der Waals surface area contributed by atoms with Crippen molar-refractivity contribution in [2.24, 2.45) is 0 Å². The summed E-state index contributed by atoms with van der Waals surface area (Å²) in [7, 11) is 0. The van der Waals surface area contributed by atoms with Gasteiger partial charge < -0.3 is 9.72 Å². The number of carbonyl (C=O) groups excluding carboxylic acids is 1. The van der Waals surface area contributed by atoms with Gasteiger partial charge in [-0.1, -0.05) is 6.07 Å². The summed E-state index contributed by atoms with van der Waals surface area (Å²) in [6.45, 7) is 0. The zero-order chi connectivity index (χ0) is 20.6. The number of fused-ring (bicyclic) bond motifs is 1. The first-order valence-corrected chi connectivity index (χ1v) is 8.26. The zero-order valence-electron chi connectivity index (χ0n) is 14.5. The molecule has 1 amide bonds. The third-order valence-electron chi connectivity index (χ3n) is 4.06. The van der Waals surface area contributed by atoms with Crippen molar-refractivity contribution in [3.63, 3.8) is 0 Å². The Labute approximate surface area is 160 Å². The number of hydrogen-bond donors (Lipinski definition) is 1. The molecule has 0 aliphatic carbocycles. The first kappa shape index (κ1) is 18.5. The van der Waals surface area contributed by atoms with Crippen LogP contribution in [0.3, 0.4) is 0 Å². The lowest BCUT2D eigenvalue weighted by atomic mass is 10.0. The molecule has 1 aromatic carbocycles. The van der Waals surface area contributed by atoms with Crippen molar-refractivity contribution in [1.82, 2.24) is 19.4 Å². The largest absolute Gasteiger partial charge is 0.417 e. The van der Waals surface area contributed by atoms with Gasteiger partial charge in [0.2, 0.25) is 0 Å². The average molecular weight is 401 g/mol. The fourth-order valence-corrected chi connectivity index (χ4v) is 2.80. The van der Waals surface area contributed by atoms with Crippen LogP contribution in [0.25, 0.3) is 16.9 Å². The molecule has 146 valence electrons. The second-order valence-electron chi connectivity index (χ2n) is 5.99. The molecular formula is C19H11F4N5O. The number of rotatable bonds is 3. The van der Waals surface area contributed by atoms with Crippen LogP contribution in [0.4, 0.5) is 23.4 Å². The van der Waals surface area contributed by atoms with Crippen LogP contribution in [0.15, 0.2) is 61.2 Å². The maximum absolute atomic E-state index is 13.4. The van der Waals surface area contributed by atoms with Crippen molar-refractivity contribution < 1.29 is 22.4 Å². The molecule has 29 heavy (non-hydrogen) atoms. The number of imidazole rings is 1. The van der Waals surface area contributed by atoms with Crippen LogP contribution in [-0.4, -0.2) is 25.3 Å². The average Bonchev–Trinajstić information content (AvgIpc) is 3.12. The Bertz CT molecular complexity index is 1200. The van der Waals surface area contributed by atoms with Crippen LogP contribution in [-0.2, 0) is 6.18 Å². The van der Waals surface area contributed by atoms with Crippen molar-refractivity contribution in [3.05, 3.63) is 78.3 Å². The van der Waals surface area contributed by atoms with Crippen LogP contribution in [0, 0.1) is 5.82 Å². The second-order valence-corrected chi connectivity index (χ2v) is 5.99. The highest BCUT2D eigenvalue weighted by atomic mass is 19.4. The zero-order valence-corrected chi connectivity index (χ0v) is 14.5. The maximum Gasteiger partial charge on any atom is 0.417 e. The predicted molar refractivity (Wildman–Crippen MR) is 95.6 cm³/mol. The number of pyridine rings is 1. The van der Waals surface area contributed by atoms with Gasteiger partial charge in [0, 0.05) is 30.4 Å². The Morgan fingerprint density at radius 1 is 1.07 bits per heavy atom. The molecule has 0 bridgehead atoms. The Kier molecular flexibility index (Phi) is 4.45. The number of alkyl halides is 3. The van der Waals surface area contributed by atoms with Gasteiger partial charge in [-0.15, -0.1) is 0 Å². The van der Waals surface area contributed by atoms with Crippen LogP contribution in [0.1, 0.15) is 16.1 Å². The highest BCUT2D eigenvalue weighted by molar-refractivity contribution is 6.06. The van der Waals surface area contributed by atoms with Crippen molar-refractivity contribution in [1.29, 1.82) is 0 Å². The third kappa shape index (κ3) is 3.64. The Balaban J connectivity index is 1.79. The number of nitrogens with one attached hydrogen (secondary N) is 1. The first-order valence-electron chi connectivity index (χ1n) is 8.26. The number of nitrogens with zero attached hydrogens (tertiary/aromatic N) is 4. The standard InChI is InChI=1S/C19H11F4N5O/c20-11-4-5-12(13(9-11)19(21,22)23)14-10-28-8-7-25-16(17(28)26-14)18(29)27-15-3-1-2-6-24-15/h1-10H,(H,24,27,29). The minimum absolute atomic E-state index is 0.0494. The lowest BCUT2D eigenvalue weighted by molar-refractivity contribution is -0.137. The van der Waals surface area contributed by atoms with Gasteiger partial charge in [0.1, 0.15) is 11.6 Å². The smallest absolute Gasteiger partial charge is 0.305 e. The summed E-state index contributed by atoms with van der Waals surface area (Å²) in [5.74, 6) is -1.35. The molecule has 4 rings (SSSR count). The predicted octanol–water partition coefficient (Wildman–Crippen LogP) is 4.20. The van der Waals surface area contributed by atoms with Gasteiger partial charge in [0.05, 0.1) is 11.3 Å². The summed E-state index contributed by atoms with van der Waals surface area (Å²) in [6, 6.07) is 7.26. The van der Waals surface area contributed by atoms with Crippen LogP contribution in [0.2, 0.25) is 0 Å². The van der Waals surface area contributed by atoms with E-state index >= 15 is 0 Å². The van der Waals surface area contributed by atoms with Crippen molar-refractivity contribution in [3.8, 4) is 11.3 Å². The molecule has 3 heterocycles. The number of halogens is 4. The van der Waals surface area contributed by atoms with Crippen molar-refractivity contribution >= 4 is 17.4 Å². The van der Waals surface area contributed by atoms with Gasteiger partial charge in [0.25, 0.3) is 5.91 Å². The van der Waals surface area contributed by atoms with E-state index in [1.807, 2.05) is 0 Å². The quantitative estimate of drug-likeness (QED) is 0.523. The fourth-order valence-electron chi connectivity index (χ4n) is 2.80. The molecule has 3 aromatic heterocycles. The minimum Gasteiger partial charge on any atom is -0.305 e. The fraction of sp³-hybridized carbons (Fsp3) is 0.0526. The van der Waals surface area contributed by atoms with E-state index in [0.29, 0.717) is 6.07 Å². The first-order chi connectivity index (χ1) is 13.8. The normalized spacial score (nSPS) is 11.6. The number of benzene rings is 1. The molecule has 0 saturated heterocycles. The van der Waals surface area contributed by atoms with Crippen molar-refractivity contribution in [2.45, 2.75) is 6.18 Å². The van der Waals surface area contributed by atoms with E-state index in [4.69, 9.17) is 0 Å². The molecule has 10 heteroatoms. The van der Waals surface area contributed by atoms with Gasteiger partial charge in [-0.05, 0) is 30.3 Å². The van der Waals surface area contributed by atoms with E-state index in [1.165, 1.54) is 29.2 Å². The van der Waals surface area contributed by atoms with Gasteiger partial charge >= 0.3 is 6.18 Å². The van der Waals surface area contributed by atoms with Crippen LogP contribution in [0.5, 0.6) is 0 Å². The van der Waals surface area contributed by atoms with E-state index < -0.39 is 23.5 Å². The number of amides is 1. The number of aromatic nitrogens is 4. The van der Waals surface area contributed by atoms with E-state index in [-0.39, 0.29) is 28.4 Å². The van der Waals surface area contributed by atoms with E-state index in [9.17, 15) is 22.4 Å². The van der Waals surface area contributed by atoms with Crippen LogP contribution < -0.4 is 5.32 Å². The van der Waals surface area contributed by atoms with E-state index in [1.54, 1.807) is 18.2 Å². The highest BCUT2D eigenvalue weighted by Gasteiger charge is 2.35. The molecule has 0 spiro atoms. The minimum atomic E-state index is -4.77. The second kappa shape index (κ2) is 6.97. The highest BCUT2D eigenvalue weighted by Crippen LogP contribution is 2.37. The number of hydrogen-bond acceptors (Lipinski definition) is 4. The van der Waals surface area contributed by atoms with E-state index in [0.717, 1.165) is 12.1 Å². The molecule has 0 aliphatic rings. The van der Waals surface area contributed by atoms with Gasteiger partial charge in [-0.3, -0.25) is 4.79 Å². The van der Waals surface area contributed by atoms with E-state index in [2.05, 4.69) is 20.3 Å². The van der Waals surface area contributed by atoms with Gasteiger partial charge in [0.15, 0.2) is 11.3 Å². The summed E-state index contributed by atoms with van der Waals surface area (Å²) < 4.78 is 54.8. The maximum atomic E-state index is 13.4. The molecule has 0 aliphatic heterocycles. The molecular weight excluding hydrogens is 390 g/mol. The molecule has 0 radical (unpaired) electrons. The Hall–Kier alpha value is -3.82.